The van der Waals surface area contributed by atoms with E-state index < -0.39 is 0 Å². The lowest BCUT2D eigenvalue weighted by Gasteiger charge is -2.22. The maximum absolute atomic E-state index is 5.81. The predicted octanol–water partition coefficient (Wildman–Crippen LogP) is 2.22. The average Bonchev–Trinajstić information content (AvgIpc) is 2.13. The Morgan fingerprint density at radius 2 is 2.06 bits per heavy atom. The van der Waals surface area contributed by atoms with Crippen LogP contribution in [-0.4, -0.2) is 27.7 Å². The molecule has 1 heterocycles. The van der Waals surface area contributed by atoms with E-state index in [9.17, 15) is 0 Å². The van der Waals surface area contributed by atoms with Gasteiger partial charge in [0.25, 0.3) is 0 Å². The second-order valence-electron chi connectivity index (χ2n) is 4.39. The number of aromatic nitrogens is 2. The largest absolute Gasteiger partial charge is 0.481 e. The van der Waals surface area contributed by atoms with Crippen molar-refractivity contribution in [1.82, 2.24) is 15.3 Å². The van der Waals surface area contributed by atoms with E-state index in [1.54, 1.807) is 0 Å². The van der Waals surface area contributed by atoms with E-state index in [-0.39, 0.29) is 10.7 Å². The fourth-order valence-electron chi connectivity index (χ4n) is 1.03. The molecule has 7 heteroatoms. The molecular formula is C10H15ClN4OS. The van der Waals surface area contributed by atoms with Crippen molar-refractivity contribution in [2.75, 3.05) is 12.4 Å². The van der Waals surface area contributed by atoms with Crippen LogP contribution in [0.3, 0.4) is 0 Å². The summed E-state index contributed by atoms with van der Waals surface area (Å²) in [5.74, 6) is 0.683. The highest BCUT2D eigenvalue weighted by atomic mass is 35.5. The van der Waals surface area contributed by atoms with E-state index in [4.69, 9.17) is 28.6 Å². The first-order valence-corrected chi connectivity index (χ1v) is 5.76. The van der Waals surface area contributed by atoms with Crippen LogP contribution in [-0.2, 0) is 0 Å². The van der Waals surface area contributed by atoms with Gasteiger partial charge in [0.1, 0.15) is 5.15 Å². The summed E-state index contributed by atoms with van der Waals surface area (Å²) >= 11 is 10.9. The van der Waals surface area contributed by atoms with E-state index in [0.717, 1.165) is 0 Å². The van der Waals surface area contributed by atoms with E-state index in [2.05, 4.69) is 20.6 Å². The predicted molar refractivity (Wildman–Crippen MR) is 72.7 cm³/mol. The van der Waals surface area contributed by atoms with Gasteiger partial charge in [-0.2, -0.15) is 4.98 Å². The molecule has 0 atom stereocenters. The molecule has 0 unspecified atom stereocenters. The number of halogens is 1. The van der Waals surface area contributed by atoms with Gasteiger partial charge < -0.3 is 15.4 Å². The fraction of sp³-hybridized carbons (Fsp3) is 0.500. The fourth-order valence-corrected chi connectivity index (χ4v) is 1.60. The Morgan fingerprint density at radius 3 is 2.59 bits per heavy atom. The van der Waals surface area contributed by atoms with Gasteiger partial charge in [0.15, 0.2) is 5.11 Å². The third-order valence-electron chi connectivity index (χ3n) is 1.59. The van der Waals surface area contributed by atoms with E-state index >= 15 is 0 Å². The molecule has 1 aromatic heterocycles. The number of rotatable bonds is 2. The van der Waals surface area contributed by atoms with Crippen molar-refractivity contribution in [3.8, 4) is 5.88 Å². The number of hydrogen-bond donors (Lipinski definition) is 2. The van der Waals surface area contributed by atoms with Crippen molar-refractivity contribution in [1.29, 1.82) is 0 Å². The summed E-state index contributed by atoms with van der Waals surface area (Å²) in [6, 6.07) is 1.52. The average molecular weight is 275 g/mol. The maximum Gasteiger partial charge on any atom is 0.233 e. The summed E-state index contributed by atoms with van der Waals surface area (Å²) in [6.07, 6.45) is 0. The standard InChI is InChI=1S/C10H15ClN4OS/c1-10(2,3)15-9(17)14-8-12-6(11)5-7(13-8)16-4/h5H,1-4H3,(H2,12,13,14,15,17). The molecule has 0 aromatic carbocycles. The summed E-state index contributed by atoms with van der Waals surface area (Å²) in [5, 5.41) is 6.65. The molecule has 0 saturated heterocycles. The quantitative estimate of drug-likeness (QED) is 0.637. The molecule has 1 aromatic rings. The van der Waals surface area contributed by atoms with Gasteiger partial charge in [0.2, 0.25) is 11.8 Å². The summed E-state index contributed by atoms with van der Waals surface area (Å²) in [5.41, 5.74) is -0.132. The van der Waals surface area contributed by atoms with Gasteiger partial charge in [-0.1, -0.05) is 11.6 Å². The molecule has 0 spiro atoms. The SMILES string of the molecule is COc1cc(Cl)nc(NC(=S)NC(C)(C)C)n1. The van der Waals surface area contributed by atoms with Crippen LogP contribution in [0.15, 0.2) is 6.07 Å². The van der Waals surface area contributed by atoms with Gasteiger partial charge in [-0.15, -0.1) is 0 Å². The van der Waals surface area contributed by atoms with Crippen LogP contribution in [0, 0.1) is 0 Å². The molecule has 0 aliphatic rings. The van der Waals surface area contributed by atoms with Crippen molar-refractivity contribution >= 4 is 34.9 Å². The topological polar surface area (TPSA) is 59.1 Å². The maximum atomic E-state index is 5.81. The number of hydrogen-bond acceptors (Lipinski definition) is 4. The Bertz CT molecular complexity index is 419. The van der Waals surface area contributed by atoms with Gasteiger partial charge in [0, 0.05) is 11.6 Å². The van der Waals surface area contributed by atoms with Crippen molar-refractivity contribution in [3.63, 3.8) is 0 Å². The molecule has 17 heavy (non-hydrogen) atoms. The molecule has 0 bridgehead atoms. The second kappa shape index (κ2) is 5.46. The lowest BCUT2D eigenvalue weighted by molar-refractivity contribution is 0.397. The second-order valence-corrected chi connectivity index (χ2v) is 5.18. The van der Waals surface area contributed by atoms with Crippen LogP contribution in [0.25, 0.3) is 0 Å². The molecule has 0 amide bonds. The van der Waals surface area contributed by atoms with E-state index in [1.165, 1.54) is 13.2 Å². The first-order valence-electron chi connectivity index (χ1n) is 4.98. The normalized spacial score (nSPS) is 10.9. The summed E-state index contributed by atoms with van der Waals surface area (Å²) in [4.78, 5) is 8.05. The zero-order valence-corrected chi connectivity index (χ0v) is 11.7. The number of nitrogens with zero attached hydrogens (tertiary/aromatic N) is 2. The van der Waals surface area contributed by atoms with Crippen LogP contribution >= 0.6 is 23.8 Å². The van der Waals surface area contributed by atoms with Crippen LogP contribution < -0.4 is 15.4 Å². The zero-order chi connectivity index (χ0) is 13.1. The van der Waals surface area contributed by atoms with E-state index in [0.29, 0.717) is 16.9 Å². The lowest BCUT2D eigenvalue weighted by atomic mass is 10.1. The first kappa shape index (κ1) is 13.9. The molecule has 94 valence electrons. The molecular weight excluding hydrogens is 260 g/mol. The minimum absolute atomic E-state index is 0.132. The number of thiocarbonyl (C=S) groups is 1. The minimum atomic E-state index is -0.132. The molecule has 0 aliphatic heterocycles. The van der Waals surface area contributed by atoms with Crippen LogP contribution in [0.4, 0.5) is 5.95 Å². The van der Waals surface area contributed by atoms with Crippen molar-refractivity contribution in [2.24, 2.45) is 0 Å². The summed E-state index contributed by atoms with van der Waals surface area (Å²) < 4.78 is 4.98. The monoisotopic (exact) mass is 274 g/mol. The summed E-state index contributed by atoms with van der Waals surface area (Å²) in [7, 11) is 1.51. The third-order valence-corrected chi connectivity index (χ3v) is 1.99. The molecule has 0 aliphatic carbocycles. The number of nitrogens with one attached hydrogen (secondary N) is 2. The van der Waals surface area contributed by atoms with Crippen molar-refractivity contribution < 1.29 is 4.74 Å². The van der Waals surface area contributed by atoms with Crippen LogP contribution in [0.5, 0.6) is 5.88 Å². The van der Waals surface area contributed by atoms with Crippen LogP contribution in [0.1, 0.15) is 20.8 Å². The Morgan fingerprint density at radius 1 is 1.41 bits per heavy atom. The van der Waals surface area contributed by atoms with Crippen molar-refractivity contribution in [3.05, 3.63) is 11.2 Å². The Hall–Kier alpha value is -1.14. The Balaban J connectivity index is 2.74. The van der Waals surface area contributed by atoms with Gasteiger partial charge >= 0.3 is 0 Å². The number of ether oxygens (including phenoxy) is 1. The number of anilines is 1. The van der Waals surface area contributed by atoms with Gasteiger partial charge in [-0.05, 0) is 33.0 Å². The highest BCUT2D eigenvalue weighted by Gasteiger charge is 2.12. The highest BCUT2D eigenvalue weighted by molar-refractivity contribution is 7.80. The van der Waals surface area contributed by atoms with Crippen LogP contribution in [0.2, 0.25) is 5.15 Å². The Labute approximate surface area is 111 Å². The zero-order valence-electron chi connectivity index (χ0n) is 10.2. The minimum Gasteiger partial charge on any atom is -0.481 e. The molecule has 0 fully saturated rings. The van der Waals surface area contributed by atoms with E-state index in [1.807, 2.05) is 20.8 Å². The van der Waals surface area contributed by atoms with Crippen molar-refractivity contribution in [2.45, 2.75) is 26.3 Å². The molecule has 2 N–H and O–H groups in total. The molecule has 0 radical (unpaired) electrons. The lowest BCUT2D eigenvalue weighted by Crippen LogP contribution is -2.43. The third kappa shape index (κ3) is 5.14. The smallest absolute Gasteiger partial charge is 0.233 e. The molecule has 0 saturated carbocycles. The molecule has 5 nitrogen and oxygen atoms in total. The highest BCUT2D eigenvalue weighted by Crippen LogP contribution is 2.15. The van der Waals surface area contributed by atoms with Gasteiger partial charge in [-0.3, -0.25) is 0 Å². The summed E-state index contributed by atoms with van der Waals surface area (Å²) in [6.45, 7) is 6.00. The number of methoxy groups -OCH3 is 1. The first-order chi connectivity index (χ1) is 7.80. The molecule has 1 rings (SSSR count). The van der Waals surface area contributed by atoms with Gasteiger partial charge in [-0.25, -0.2) is 4.98 Å². The Kier molecular flexibility index (Phi) is 4.47. The van der Waals surface area contributed by atoms with Gasteiger partial charge in [0.05, 0.1) is 7.11 Å².